The summed E-state index contributed by atoms with van der Waals surface area (Å²) in [5, 5.41) is 17.9. The Morgan fingerprint density at radius 1 is 0.952 bits per heavy atom. The monoisotopic (exact) mass is 588 g/mol. The fourth-order valence-electron chi connectivity index (χ4n) is 4.46. The smallest absolute Gasteiger partial charge is 0.253 e. The number of hydrogen-bond donors (Lipinski definition) is 1. The number of hydrazone groups is 1. The SMILES string of the molecule is COc1ccc(C(=O)NCc2nnc(SCC(=O)N3N=C(c4ccc(OC)cc4)C[C@@H]3c3ccc(F)cc3)n2C)cc1. The van der Waals surface area contributed by atoms with Crippen molar-refractivity contribution >= 4 is 29.3 Å². The number of carbonyl (C=O) groups is 2. The van der Waals surface area contributed by atoms with Crippen molar-refractivity contribution in [1.29, 1.82) is 0 Å². The molecule has 1 atom stereocenters. The Hall–Kier alpha value is -4.71. The molecule has 0 saturated carbocycles. The number of nitrogens with zero attached hydrogens (tertiary/aromatic N) is 5. The first-order chi connectivity index (χ1) is 20.4. The van der Waals surface area contributed by atoms with Crippen LogP contribution >= 0.6 is 11.8 Å². The summed E-state index contributed by atoms with van der Waals surface area (Å²) < 4.78 is 25.8. The maximum Gasteiger partial charge on any atom is 0.253 e. The van der Waals surface area contributed by atoms with Crippen LogP contribution in [0.15, 0.2) is 83.1 Å². The molecular weight excluding hydrogens is 559 g/mol. The van der Waals surface area contributed by atoms with Crippen molar-refractivity contribution in [3.63, 3.8) is 0 Å². The summed E-state index contributed by atoms with van der Waals surface area (Å²) in [7, 11) is 4.94. The summed E-state index contributed by atoms with van der Waals surface area (Å²) in [6.45, 7) is 0.164. The van der Waals surface area contributed by atoms with E-state index in [1.54, 1.807) is 62.2 Å². The van der Waals surface area contributed by atoms with Gasteiger partial charge in [-0.05, 0) is 71.8 Å². The Morgan fingerprint density at radius 2 is 1.60 bits per heavy atom. The van der Waals surface area contributed by atoms with E-state index in [4.69, 9.17) is 9.47 Å². The second-order valence-corrected chi connectivity index (χ2v) is 10.4. The summed E-state index contributed by atoms with van der Waals surface area (Å²) in [4.78, 5) is 26.0. The van der Waals surface area contributed by atoms with Crippen LogP contribution in [0.4, 0.5) is 4.39 Å². The predicted molar refractivity (Wildman–Crippen MR) is 156 cm³/mol. The van der Waals surface area contributed by atoms with Gasteiger partial charge in [-0.15, -0.1) is 10.2 Å². The summed E-state index contributed by atoms with van der Waals surface area (Å²) in [6.07, 6.45) is 0.483. The first kappa shape index (κ1) is 28.8. The number of ether oxygens (including phenoxy) is 2. The zero-order chi connectivity index (χ0) is 29.6. The number of methoxy groups -OCH3 is 2. The van der Waals surface area contributed by atoms with Crippen molar-refractivity contribution in [1.82, 2.24) is 25.1 Å². The number of nitrogens with one attached hydrogen (secondary N) is 1. The van der Waals surface area contributed by atoms with E-state index in [1.165, 1.54) is 28.9 Å². The third-order valence-electron chi connectivity index (χ3n) is 6.85. The van der Waals surface area contributed by atoms with Crippen LogP contribution in [0, 0.1) is 5.82 Å². The van der Waals surface area contributed by atoms with Gasteiger partial charge in [-0.2, -0.15) is 5.10 Å². The van der Waals surface area contributed by atoms with Crippen LogP contribution in [0.1, 0.15) is 39.8 Å². The van der Waals surface area contributed by atoms with Gasteiger partial charge in [-0.1, -0.05) is 23.9 Å². The molecule has 3 aromatic carbocycles. The normalized spacial score (nSPS) is 14.4. The van der Waals surface area contributed by atoms with Gasteiger partial charge < -0.3 is 19.4 Å². The number of halogens is 1. The minimum absolute atomic E-state index is 0.0568. The highest BCUT2D eigenvalue weighted by molar-refractivity contribution is 7.99. The Morgan fingerprint density at radius 3 is 2.24 bits per heavy atom. The third kappa shape index (κ3) is 6.44. The minimum atomic E-state index is -0.376. The first-order valence-electron chi connectivity index (χ1n) is 13.1. The average molecular weight is 589 g/mol. The van der Waals surface area contributed by atoms with E-state index >= 15 is 0 Å². The highest BCUT2D eigenvalue weighted by atomic mass is 32.2. The lowest BCUT2D eigenvalue weighted by molar-refractivity contribution is -0.130. The number of thioether (sulfide) groups is 1. The lowest BCUT2D eigenvalue weighted by atomic mass is 9.98. The molecule has 0 spiro atoms. The van der Waals surface area contributed by atoms with Crippen LogP contribution in [0.3, 0.4) is 0 Å². The molecule has 0 aliphatic carbocycles. The molecule has 0 bridgehead atoms. The quantitative estimate of drug-likeness (QED) is 0.274. The number of benzene rings is 3. The summed E-state index contributed by atoms with van der Waals surface area (Å²) >= 11 is 1.22. The van der Waals surface area contributed by atoms with E-state index < -0.39 is 0 Å². The van der Waals surface area contributed by atoms with E-state index in [0.717, 1.165) is 22.6 Å². The van der Waals surface area contributed by atoms with Gasteiger partial charge in [-0.25, -0.2) is 9.40 Å². The molecular formula is C30H29FN6O4S. The Balaban J connectivity index is 1.25. The fraction of sp³-hybridized carbons (Fsp3) is 0.233. The predicted octanol–water partition coefficient (Wildman–Crippen LogP) is 4.37. The number of amides is 2. The lowest BCUT2D eigenvalue weighted by Gasteiger charge is -2.22. The maximum absolute atomic E-state index is 13.6. The van der Waals surface area contributed by atoms with Gasteiger partial charge in [0.15, 0.2) is 11.0 Å². The molecule has 10 nitrogen and oxygen atoms in total. The molecule has 1 aliphatic heterocycles. The van der Waals surface area contributed by atoms with E-state index in [0.29, 0.717) is 28.7 Å². The molecule has 0 saturated heterocycles. The number of carbonyl (C=O) groups excluding carboxylic acids is 2. The van der Waals surface area contributed by atoms with E-state index in [1.807, 2.05) is 24.3 Å². The topological polar surface area (TPSA) is 111 Å². The van der Waals surface area contributed by atoms with Gasteiger partial charge >= 0.3 is 0 Å². The van der Waals surface area contributed by atoms with Crippen LogP contribution < -0.4 is 14.8 Å². The molecule has 0 unspecified atom stereocenters. The van der Waals surface area contributed by atoms with Crippen LogP contribution in [-0.2, 0) is 18.4 Å². The molecule has 1 aromatic heterocycles. The molecule has 1 N–H and O–H groups in total. The van der Waals surface area contributed by atoms with E-state index in [2.05, 4.69) is 20.6 Å². The van der Waals surface area contributed by atoms with Gasteiger partial charge in [0.05, 0.1) is 38.3 Å². The molecule has 42 heavy (non-hydrogen) atoms. The van der Waals surface area contributed by atoms with Crippen LogP contribution in [0.25, 0.3) is 0 Å². The van der Waals surface area contributed by atoms with Crippen molar-refractivity contribution in [2.45, 2.75) is 24.2 Å². The van der Waals surface area contributed by atoms with Gasteiger partial charge in [-0.3, -0.25) is 9.59 Å². The maximum atomic E-state index is 13.6. The highest BCUT2D eigenvalue weighted by Crippen LogP contribution is 2.34. The Labute approximate surface area is 246 Å². The zero-order valence-electron chi connectivity index (χ0n) is 23.3. The molecule has 2 amide bonds. The molecule has 2 heterocycles. The molecule has 12 heteroatoms. The number of hydrogen-bond acceptors (Lipinski definition) is 8. The Kier molecular flexibility index (Phi) is 8.82. The second kappa shape index (κ2) is 12.9. The molecule has 1 aliphatic rings. The van der Waals surface area contributed by atoms with Crippen molar-refractivity contribution in [3.05, 3.63) is 101 Å². The average Bonchev–Trinajstić information content (AvgIpc) is 3.63. The van der Waals surface area contributed by atoms with Crippen molar-refractivity contribution in [3.8, 4) is 11.5 Å². The van der Waals surface area contributed by atoms with E-state index in [-0.39, 0.29) is 36.0 Å². The van der Waals surface area contributed by atoms with Gasteiger partial charge in [0, 0.05) is 19.0 Å². The summed E-state index contributed by atoms with van der Waals surface area (Å²) in [5.74, 6) is 1.15. The summed E-state index contributed by atoms with van der Waals surface area (Å²) in [5.41, 5.74) is 2.91. The van der Waals surface area contributed by atoms with Gasteiger partial charge in [0.1, 0.15) is 17.3 Å². The number of rotatable bonds is 10. The molecule has 0 fully saturated rings. The summed E-state index contributed by atoms with van der Waals surface area (Å²) in [6, 6.07) is 20.0. The molecule has 4 aromatic rings. The van der Waals surface area contributed by atoms with Crippen molar-refractivity contribution in [2.24, 2.45) is 12.1 Å². The zero-order valence-corrected chi connectivity index (χ0v) is 24.1. The molecule has 0 radical (unpaired) electrons. The van der Waals surface area contributed by atoms with Gasteiger partial charge in [0.2, 0.25) is 0 Å². The molecule has 5 rings (SSSR count). The van der Waals surface area contributed by atoms with Crippen molar-refractivity contribution in [2.75, 3.05) is 20.0 Å². The third-order valence-corrected chi connectivity index (χ3v) is 7.86. The van der Waals surface area contributed by atoms with Crippen LogP contribution in [0.2, 0.25) is 0 Å². The number of aromatic nitrogens is 3. The van der Waals surface area contributed by atoms with Crippen LogP contribution in [-0.4, -0.2) is 57.3 Å². The first-order valence-corrected chi connectivity index (χ1v) is 14.1. The highest BCUT2D eigenvalue weighted by Gasteiger charge is 2.33. The second-order valence-electron chi connectivity index (χ2n) is 9.44. The standard InChI is InChI=1S/C30H29FN6O4S/c1-36-27(17-32-29(39)21-8-14-24(41-3)15-9-21)33-34-30(36)42-18-28(38)37-26(20-4-10-22(31)11-5-20)16-25(35-37)19-6-12-23(40-2)13-7-19/h4-15,26H,16-18H2,1-3H3,(H,32,39)/t26-/m1/s1. The van der Waals surface area contributed by atoms with E-state index in [9.17, 15) is 14.0 Å². The fourth-order valence-corrected chi connectivity index (χ4v) is 5.25. The molecule has 216 valence electrons. The van der Waals surface area contributed by atoms with Crippen LogP contribution in [0.5, 0.6) is 11.5 Å². The largest absolute Gasteiger partial charge is 0.497 e. The van der Waals surface area contributed by atoms with Crippen molar-refractivity contribution < 1.29 is 23.5 Å². The lowest BCUT2D eigenvalue weighted by Crippen LogP contribution is -2.28. The Bertz CT molecular complexity index is 1590. The minimum Gasteiger partial charge on any atom is -0.497 e. The van der Waals surface area contributed by atoms with Gasteiger partial charge in [0.25, 0.3) is 11.8 Å².